The molecule has 0 bridgehead atoms. The lowest BCUT2D eigenvalue weighted by molar-refractivity contribution is -0.143. The Morgan fingerprint density at radius 2 is 0.766 bits per heavy atom. The normalized spacial score (nSPS) is 12.9. The zero-order chi connectivity index (χ0) is 46.5. The van der Waals surface area contributed by atoms with Crippen LogP contribution < -0.4 is 5.32 Å². The molecule has 0 radical (unpaired) electrons. The maximum absolute atomic E-state index is 12.5. The van der Waals surface area contributed by atoms with Crippen molar-refractivity contribution in [2.24, 2.45) is 0 Å². The predicted molar refractivity (Wildman–Crippen MR) is 278 cm³/mol. The molecule has 0 saturated carbocycles. The monoisotopic (exact) mass is 900 g/mol. The average molecular weight is 901 g/mol. The van der Waals surface area contributed by atoms with Crippen LogP contribution in [0.4, 0.5) is 0 Å². The molecule has 376 valence electrons. The van der Waals surface area contributed by atoms with Gasteiger partial charge in [-0.2, -0.15) is 0 Å². The molecule has 6 nitrogen and oxygen atoms in total. The Morgan fingerprint density at radius 3 is 1.16 bits per heavy atom. The standard InChI is InChI=1S/C58H109NO5/c1-3-5-7-9-11-13-15-17-18-19-20-21-23-27-30-34-38-42-46-50-56(61)55(54-60)59-57(62)51-47-43-39-35-31-28-24-22-25-29-33-37-41-45-49-53-64-58(63)52-48-44-40-36-32-26-16-14-12-10-8-6-4-2/h22,25,29,33,46,50,55-56,60-61H,3-21,23-24,26-28,30-32,34-45,47-49,51-54H2,1-2H3,(H,59,62)/b25-22-,33-29-,50-46+. The number of rotatable bonds is 52. The summed E-state index contributed by atoms with van der Waals surface area (Å²) in [5, 5.41) is 23.1. The fourth-order valence-corrected chi connectivity index (χ4v) is 8.57. The fourth-order valence-electron chi connectivity index (χ4n) is 8.57. The molecule has 6 heteroatoms. The van der Waals surface area contributed by atoms with Crippen molar-refractivity contribution in [1.82, 2.24) is 5.32 Å². The summed E-state index contributed by atoms with van der Waals surface area (Å²) in [5.74, 6) is -0.110. The third-order valence-electron chi connectivity index (χ3n) is 12.9. The van der Waals surface area contributed by atoms with Gasteiger partial charge in [0.2, 0.25) is 5.91 Å². The van der Waals surface area contributed by atoms with Gasteiger partial charge in [-0.1, -0.05) is 256 Å². The molecule has 3 N–H and O–H groups in total. The molecular formula is C58H109NO5. The van der Waals surface area contributed by atoms with E-state index in [1.165, 1.54) is 193 Å². The smallest absolute Gasteiger partial charge is 0.305 e. The molecule has 2 unspecified atom stereocenters. The van der Waals surface area contributed by atoms with Crippen molar-refractivity contribution in [1.29, 1.82) is 0 Å². The van der Waals surface area contributed by atoms with Gasteiger partial charge in [0.05, 0.1) is 25.4 Å². The van der Waals surface area contributed by atoms with E-state index < -0.39 is 12.1 Å². The first kappa shape index (κ1) is 62.1. The van der Waals surface area contributed by atoms with E-state index in [0.717, 1.165) is 77.0 Å². The van der Waals surface area contributed by atoms with Crippen LogP contribution in [0.25, 0.3) is 0 Å². The van der Waals surface area contributed by atoms with E-state index >= 15 is 0 Å². The van der Waals surface area contributed by atoms with Crippen molar-refractivity contribution < 1.29 is 24.5 Å². The van der Waals surface area contributed by atoms with Gasteiger partial charge in [0.25, 0.3) is 0 Å². The summed E-state index contributed by atoms with van der Waals surface area (Å²) in [7, 11) is 0. The Morgan fingerprint density at radius 1 is 0.438 bits per heavy atom. The maximum Gasteiger partial charge on any atom is 0.305 e. The molecule has 0 saturated heterocycles. The second-order valence-corrected chi connectivity index (χ2v) is 19.3. The van der Waals surface area contributed by atoms with Gasteiger partial charge in [0.1, 0.15) is 0 Å². The number of allylic oxidation sites excluding steroid dienone is 5. The third kappa shape index (κ3) is 49.5. The SMILES string of the molecule is CCCCCCCCCCCCCCCCCCC/C=C/C(O)C(CO)NC(=O)CCCCCCCC/C=C\C=C/CCCCCOC(=O)CCCCCCCCCCCCCCC. The molecule has 0 rings (SSSR count). The largest absolute Gasteiger partial charge is 0.466 e. The summed E-state index contributed by atoms with van der Waals surface area (Å²) < 4.78 is 5.44. The Hall–Kier alpha value is -1.92. The molecule has 0 aliphatic carbocycles. The van der Waals surface area contributed by atoms with E-state index in [2.05, 4.69) is 43.5 Å². The highest BCUT2D eigenvalue weighted by molar-refractivity contribution is 5.76. The van der Waals surface area contributed by atoms with Crippen LogP contribution in [0, 0.1) is 0 Å². The lowest BCUT2D eigenvalue weighted by Gasteiger charge is -2.20. The number of carbonyl (C=O) groups is 2. The van der Waals surface area contributed by atoms with Gasteiger partial charge in [-0.05, 0) is 64.2 Å². The molecular weight excluding hydrogens is 791 g/mol. The van der Waals surface area contributed by atoms with Crippen LogP contribution in [0.2, 0.25) is 0 Å². The van der Waals surface area contributed by atoms with Crippen molar-refractivity contribution in [3.8, 4) is 0 Å². The summed E-state index contributed by atoms with van der Waals surface area (Å²) in [4.78, 5) is 24.5. The number of hydrogen-bond acceptors (Lipinski definition) is 5. The number of esters is 1. The second kappa shape index (κ2) is 53.7. The highest BCUT2D eigenvalue weighted by atomic mass is 16.5. The Balaban J connectivity index is 3.55. The first-order chi connectivity index (χ1) is 31.5. The van der Waals surface area contributed by atoms with Crippen molar-refractivity contribution in [3.05, 3.63) is 36.5 Å². The van der Waals surface area contributed by atoms with E-state index in [1.54, 1.807) is 6.08 Å². The van der Waals surface area contributed by atoms with E-state index in [0.29, 0.717) is 19.4 Å². The van der Waals surface area contributed by atoms with Crippen LogP contribution in [0.5, 0.6) is 0 Å². The number of ether oxygens (including phenoxy) is 1. The second-order valence-electron chi connectivity index (χ2n) is 19.3. The Labute approximate surface area is 398 Å². The first-order valence-corrected chi connectivity index (χ1v) is 28.3. The number of hydrogen-bond donors (Lipinski definition) is 3. The fraction of sp³-hybridized carbons (Fsp3) is 0.862. The zero-order valence-corrected chi connectivity index (χ0v) is 42.8. The Bertz CT molecular complexity index is 1040. The average Bonchev–Trinajstić information content (AvgIpc) is 3.29. The van der Waals surface area contributed by atoms with E-state index in [4.69, 9.17) is 4.74 Å². The number of unbranched alkanes of at least 4 members (excludes halogenated alkanes) is 38. The molecule has 1 amide bonds. The molecule has 2 atom stereocenters. The molecule has 0 fully saturated rings. The third-order valence-corrected chi connectivity index (χ3v) is 12.9. The van der Waals surface area contributed by atoms with Crippen LogP contribution in [0.15, 0.2) is 36.5 Å². The predicted octanol–water partition coefficient (Wildman–Crippen LogP) is 17.2. The highest BCUT2D eigenvalue weighted by Crippen LogP contribution is 2.16. The molecule has 0 aliphatic rings. The number of amides is 1. The minimum Gasteiger partial charge on any atom is -0.466 e. The highest BCUT2D eigenvalue weighted by Gasteiger charge is 2.18. The van der Waals surface area contributed by atoms with Crippen LogP contribution in [-0.4, -0.2) is 47.4 Å². The minimum absolute atomic E-state index is 0.0214. The van der Waals surface area contributed by atoms with Gasteiger partial charge in [0, 0.05) is 12.8 Å². The van der Waals surface area contributed by atoms with Crippen molar-refractivity contribution in [2.45, 2.75) is 309 Å². The van der Waals surface area contributed by atoms with E-state index in [9.17, 15) is 19.8 Å². The lowest BCUT2D eigenvalue weighted by Crippen LogP contribution is -2.45. The van der Waals surface area contributed by atoms with Crippen LogP contribution in [0.1, 0.15) is 296 Å². The molecule has 0 aromatic carbocycles. The number of nitrogens with one attached hydrogen (secondary N) is 1. The lowest BCUT2D eigenvalue weighted by atomic mass is 10.0. The van der Waals surface area contributed by atoms with Gasteiger partial charge in [0.15, 0.2) is 0 Å². The van der Waals surface area contributed by atoms with Crippen LogP contribution in [-0.2, 0) is 14.3 Å². The van der Waals surface area contributed by atoms with Crippen LogP contribution >= 0.6 is 0 Å². The summed E-state index contributed by atoms with van der Waals surface area (Å²) >= 11 is 0. The summed E-state index contributed by atoms with van der Waals surface area (Å²) in [6, 6.07) is -0.645. The molecule has 0 aliphatic heterocycles. The van der Waals surface area contributed by atoms with Gasteiger partial charge in [-0.25, -0.2) is 0 Å². The Kier molecular flexibility index (Phi) is 52.1. The maximum atomic E-state index is 12.5. The van der Waals surface area contributed by atoms with E-state index in [-0.39, 0.29) is 18.5 Å². The quantitative estimate of drug-likeness (QED) is 0.0245. The number of carbonyl (C=O) groups excluding carboxylic acids is 2. The zero-order valence-electron chi connectivity index (χ0n) is 42.8. The van der Waals surface area contributed by atoms with Gasteiger partial charge in [-0.3, -0.25) is 9.59 Å². The summed E-state index contributed by atoms with van der Waals surface area (Å²) in [5.41, 5.74) is 0. The summed E-state index contributed by atoms with van der Waals surface area (Å²) in [6.07, 6.45) is 65.9. The number of aliphatic hydroxyl groups excluding tert-OH is 2. The molecule has 64 heavy (non-hydrogen) atoms. The van der Waals surface area contributed by atoms with Crippen molar-refractivity contribution in [3.63, 3.8) is 0 Å². The number of aliphatic hydroxyl groups is 2. The van der Waals surface area contributed by atoms with Gasteiger partial charge < -0.3 is 20.3 Å². The van der Waals surface area contributed by atoms with Crippen LogP contribution in [0.3, 0.4) is 0 Å². The first-order valence-electron chi connectivity index (χ1n) is 28.3. The molecule has 0 aromatic rings. The van der Waals surface area contributed by atoms with Gasteiger partial charge >= 0.3 is 5.97 Å². The minimum atomic E-state index is -0.859. The molecule has 0 aromatic heterocycles. The molecule has 0 heterocycles. The van der Waals surface area contributed by atoms with Crippen molar-refractivity contribution >= 4 is 11.9 Å². The topological polar surface area (TPSA) is 95.9 Å². The molecule has 0 spiro atoms. The summed E-state index contributed by atoms with van der Waals surface area (Å²) in [6.45, 7) is 4.86. The van der Waals surface area contributed by atoms with Crippen molar-refractivity contribution in [2.75, 3.05) is 13.2 Å². The van der Waals surface area contributed by atoms with Gasteiger partial charge in [-0.15, -0.1) is 0 Å². The van der Waals surface area contributed by atoms with E-state index in [1.807, 2.05) is 6.08 Å².